The maximum absolute atomic E-state index is 10.0. The molecule has 0 saturated heterocycles. The fourth-order valence-corrected chi connectivity index (χ4v) is 2.15. The van der Waals surface area contributed by atoms with Crippen LogP contribution in [0.3, 0.4) is 0 Å². The largest absolute Gasteiger partial charge is 0.387 e. The summed E-state index contributed by atoms with van der Waals surface area (Å²) in [4.78, 5) is 0.959. The Kier molecular flexibility index (Phi) is 4.48. The van der Waals surface area contributed by atoms with E-state index in [4.69, 9.17) is 0 Å². The zero-order valence-corrected chi connectivity index (χ0v) is 9.84. The molecule has 14 heavy (non-hydrogen) atoms. The van der Waals surface area contributed by atoms with Crippen LogP contribution in [0.5, 0.6) is 0 Å². The summed E-state index contributed by atoms with van der Waals surface area (Å²) in [7, 11) is 0. The molecule has 0 saturated carbocycles. The van der Waals surface area contributed by atoms with E-state index in [9.17, 15) is 5.11 Å². The minimum absolute atomic E-state index is 0.285. The van der Waals surface area contributed by atoms with Gasteiger partial charge >= 0.3 is 0 Å². The molecule has 2 atom stereocenters. The normalized spacial score (nSPS) is 15.4. The third kappa shape index (κ3) is 2.51. The second kappa shape index (κ2) is 5.41. The molecule has 1 heterocycles. The maximum atomic E-state index is 10.0. The highest BCUT2D eigenvalue weighted by molar-refractivity contribution is 7.05. The first-order valence-electron chi connectivity index (χ1n) is 5.19. The smallest absolute Gasteiger partial charge is 0.0942 e. The van der Waals surface area contributed by atoms with Crippen molar-refractivity contribution in [2.75, 3.05) is 0 Å². The van der Waals surface area contributed by atoms with Gasteiger partial charge in [0.25, 0.3) is 0 Å². The molecule has 80 valence electrons. The number of aryl methyl sites for hydroxylation is 1. The maximum Gasteiger partial charge on any atom is 0.0942 e. The van der Waals surface area contributed by atoms with Gasteiger partial charge in [0.05, 0.1) is 16.7 Å². The van der Waals surface area contributed by atoms with E-state index in [0.29, 0.717) is 0 Å². The van der Waals surface area contributed by atoms with Crippen molar-refractivity contribution in [2.45, 2.75) is 46.1 Å². The van der Waals surface area contributed by atoms with E-state index in [-0.39, 0.29) is 12.0 Å². The van der Waals surface area contributed by atoms with Crippen molar-refractivity contribution >= 4 is 11.5 Å². The van der Waals surface area contributed by atoms with Crippen LogP contribution in [0.1, 0.15) is 50.3 Å². The Morgan fingerprint density at radius 3 is 2.71 bits per heavy atom. The topological polar surface area (TPSA) is 46.0 Å². The van der Waals surface area contributed by atoms with Gasteiger partial charge in [-0.2, -0.15) is 0 Å². The molecule has 1 aromatic heterocycles. The van der Waals surface area contributed by atoms with Gasteiger partial charge in [0.2, 0.25) is 0 Å². The second-order valence-electron chi connectivity index (χ2n) is 3.66. The fraction of sp³-hybridized carbons (Fsp3) is 0.800. The average Bonchev–Trinajstić information content (AvgIpc) is 2.64. The van der Waals surface area contributed by atoms with Gasteiger partial charge in [-0.3, -0.25) is 0 Å². The first-order chi connectivity index (χ1) is 6.70. The molecule has 0 aliphatic rings. The highest BCUT2D eigenvalue weighted by Crippen LogP contribution is 2.29. The van der Waals surface area contributed by atoms with Crippen LogP contribution in [0.25, 0.3) is 0 Å². The van der Waals surface area contributed by atoms with Gasteiger partial charge in [-0.25, -0.2) is 0 Å². The lowest BCUT2D eigenvalue weighted by molar-refractivity contribution is 0.118. The first-order valence-corrected chi connectivity index (χ1v) is 5.97. The number of rotatable bonds is 5. The van der Waals surface area contributed by atoms with Crippen LogP contribution < -0.4 is 0 Å². The van der Waals surface area contributed by atoms with Crippen molar-refractivity contribution in [1.82, 2.24) is 9.59 Å². The molecule has 0 aliphatic carbocycles. The Labute approximate surface area is 89.3 Å². The molecule has 0 fully saturated rings. The molecule has 0 amide bonds. The number of aliphatic hydroxyl groups is 1. The molecule has 1 rings (SSSR count). The molecule has 4 heteroatoms. The summed E-state index contributed by atoms with van der Waals surface area (Å²) in [6, 6.07) is 0. The van der Waals surface area contributed by atoms with Gasteiger partial charge in [0.1, 0.15) is 0 Å². The van der Waals surface area contributed by atoms with Crippen LogP contribution in [0, 0.1) is 5.92 Å². The van der Waals surface area contributed by atoms with Gasteiger partial charge in [-0.05, 0) is 23.9 Å². The van der Waals surface area contributed by atoms with Crippen LogP contribution in [-0.2, 0) is 6.42 Å². The molecule has 3 nitrogen and oxygen atoms in total. The third-order valence-electron chi connectivity index (χ3n) is 2.52. The van der Waals surface area contributed by atoms with Crippen molar-refractivity contribution in [2.24, 2.45) is 5.92 Å². The van der Waals surface area contributed by atoms with Gasteiger partial charge in [-0.1, -0.05) is 38.1 Å². The highest BCUT2D eigenvalue weighted by atomic mass is 32.1. The number of hydrogen-bond acceptors (Lipinski definition) is 4. The SMILES string of the molecule is CCCc1nnsc1C(O)C(C)CC. The van der Waals surface area contributed by atoms with Crippen LogP contribution in [0.2, 0.25) is 0 Å². The average molecular weight is 214 g/mol. The van der Waals surface area contributed by atoms with E-state index in [1.54, 1.807) is 0 Å². The summed E-state index contributed by atoms with van der Waals surface area (Å²) in [5.74, 6) is 0.285. The predicted molar refractivity (Wildman–Crippen MR) is 58.3 cm³/mol. The fourth-order valence-electron chi connectivity index (χ4n) is 1.33. The van der Waals surface area contributed by atoms with E-state index in [1.807, 2.05) is 0 Å². The monoisotopic (exact) mass is 214 g/mol. The van der Waals surface area contributed by atoms with Crippen molar-refractivity contribution in [3.05, 3.63) is 10.6 Å². The van der Waals surface area contributed by atoms with Gasteiger partial charge in [0.15, 0.2) is 0 Å². The molecule has 1 N–H and O–H groups in total. The van der Waals surface area contributed by atoms with Crippen molar-refractivity contribution < 1.29 is 5.11 Å². The molecule has 0 bridgehead atoms. The van der Waals surface area contributed by atoms with Crippen molar-refractivity contribution in [3.8, 4) is 0 Å². The van der Waals surface area contributed by atoms with E-state index < -0.39 is 0 Å². The zero-order chi connectivity index (χ0) is 10.6. The van der Waals surface area contributed by atoms with E-state index in [1.165, 1.54) is 11.5 Å². The van der Waals surface area contributed by atoms with Crippen LogP contribution >= 0.6 is 11.5 Å². The van der Waals surface area contributed by atoms with Crippen LogP contribution in [0.4, 0.5) is 0 Å². The van der Waals surface area contributed by atoms with Gasteiger partial charge < -0.3 is 5.11 Å². The molecule has 0 aromatic carbocycles. The molecule has 2 unspecified atom stereocenters. The van der Waals surface area contributed by atoms with E-state index in [0.717, 1.165) is 29.8 Å². The number of hydrogen-bond donors (Lipinski definition) is 1. The summed E-state index contributed by atoms with van der Waals surface area (Å²) >= 11 is 1.33. The summed E-state index contributed by atoms with van der Waals surface area (Å²) < 4.78 is 3.91. The van der Waals surface area contributed by atoms with E-state index >= 15 is 0 Å². The molecule has 0 aliphatic heterocycles. The van der Waals surface area contributed by atoms with Crippen LogP contribution in [-0.4, -0.2) is 14.7 Å². The minimum Gasteiger partial charge on any atom is -0.387 e. The summed E-state index contributed by atoms with van der Waals surface area (Å²) in [5.41, 5.74) is 0.977. The standard InChI is InChI=1S/C10H18N2OS/c1-4-6-8-10(14-12-11-8)9(13)7(3)5-2/h7,9,13H,4-6H2,1-3H3. The Bertz CT molecular complexity index is 275. The minimum atomic E-state index is -0.387. The van der Waals surface area contributed by atoms with Gasteiger partial charge in [-0.15, -0.1) is 5.10 Å². The molecular weight excluding hydrogens is 196 g/mol. The van der Waals surface area contributed by atoms with Crippen molar-refractivity contribution in [1.29, 1.82) is 0 Å². The van der Waals surface area contributed by atoms with Crippen molar-refractivity contribution in [3.63, 3.8) is 0 Å². The Morgan fingerprint density at radius 1 is 1.43 bits per heavy atom. The Morgan fingerprint density at radius 2 is 2.14 bits per heavy atom. The number of nitrogens with zero attached hydrogens (tertiary/aromatic N) is 2. The Balaban J connectivity index is 2.77. The lowest BCUT2D eigenvalue weighted by Gasteiger charge is -2.15. The lowest BCUT2D eigenvalue weighted by atomic mass is 9.99. The first kappa shape index (κ1) is 11.6. The summed E-state index contributed by atoms with van der Waals surface area (Å²) in [6.45, 7) is 6.25. The zero-order valence-electron chi connectivity index (χ0n) is 9.03. The molecule has 1 aromatic rings. The third-order valence-corrected chi connectivity index (χ3v) is 3.36. The quantitative estimate of drug-likeness (QED) is 0.819. The number of aromatic nitrogens is 2. The van der Waals surface area contributed by atoms with Gasteiger partial charge in [0, 0.05) is 0 Å². The second-order valence-corrected chi connectivity index (χ2v) is 4.45. The van der Waals surface area contributed by atoms with E-state index in [2.05, 4.69) is 30.4 Å². The summed E-state index contributed by atoms with van der Waals surface area (Å²) in [6.07, 6.45) is 2.55. The predicted octanol–water partition coefficient (Wildman–Crippen LogP) is 2.57. The number of aliphatic hydroxyl groups excluding tert-OH is 1. The lowest BCUT2D eigenvalue weighted by Crippen LogP contribution is -2.08. The molecule has 0 spiro atoms. The molecule has 0 radical (unpaired) electrons. The Hall–Kier alpha value is -0.480. The molecular formula is C10H18N2OS. The van der Waals surface area contributed by atoms with Crippen LogP contribution in [0.15, 0.2) is 0 Å². The summed E-state index contributed by atoms with van der Waals surface area (Å²) in [5, 5.41) is 14.1. The highest BCUT2D eigenvalue weighted by Gasteiger charge is 2.20.